The topological polar surface area (TPSA) is 75.6 Å². The average molecular weight is 265 g/mol. The number of benzene rings is 1. The first-order chi connectivity index (χ1) is 8.97. The van der Waals surface area contributed by atoms with Crippen molar-refractivity contribution in [3.63, 3.8) is 0 Å². The number of carbonyl (C=O) groups is 2. The first kappa shape index (κ1) is 15.2. The Balaban J connectivity index is 2.37. The summed E-state index contributed by atoms with van der Waals surface area (Å²) in [6.07, 6.45) is -0.0164. The van der Waals surface area contributed by atoms with E-state index < -0.39 is 5.97 Å². The van der Waals surface area contributed by atoms with E-state index in [1.165, 1.54) is 0 Å². The molecule has 1 aromatic carbocycles. The Morgan fingerprint density at radius 1 is 1.26 bits per heavy atom. The van der Waals surface area contributed by atoms with Gasteiger partial charge in [-0.3, -0.25) is 9.59 Å². The molecule has 0 aliphatic rings. The van der Waals surface area contributed by atoms with Gasteiger partial charge in [-0.2, -0.15) is 0 Å². The van der Waals surface area contributed by atoms with Crippen LogP contribution in [0.15, 0.2) is 24.3 Å². The van der Waals surface area contributed by atoms with Gasteiger partial charge in [-0.15, -0.1) is 0 Å². The summed E-state index contributed by atoms with van der Waals surface area (Å²) in [7, 11) is 0. The van der Waals surface area contributed by atoms with Crippen LogP contribution in [0.3, 0.4) is 0 Å². The van der Waals surface area contributed by atoms with Crippen LogP contribution in [-0.4, -0.2) is 36.1 Å². The van der Waals surface area contributed by atoms with Crippen molar-refractivity contribution in [2.75, 3.05) is 13.2 Å². The Morgan fingerprint density at radius 3 is 2.42 bits per heavy atom. The van der Waals surface area contributed by atoms with Crippen LogP contribution in [0.4, 0.5) is 0 Å². The van der Waals surface area contributed by atoms with Gasteiger partial charge in [-0.05, 0) is 17.7 Å². The zero-order chi connectivity index (χ0) is 14.3. The molecule has 1 rings (SSSR count). The molecule has 0 radical (unpaired) electrons. The molecule has 2 N–H and O–H groups in total. The number of ether oxygens (including phenoxy) is 1. The highest BCUT2D eigenvalue weighted by Crippen LogP contribution is 2.12. The van der Waals surface area contributed by atoms with E-state index >= 15 is 0 Å². The molecule has 19 heavy (non-hydrogen) atoms. The first-order valence-electron chi connectivity index (χ1n) is 6.16. The third-order valence-electron chi connectivity index (χ3n) is 2.39. The molecule has 0 aliphatic carbocycles. The number of nitrogens with one attached hydrogen (secondary N) is 1. The minimum Gasteiger partial charge on any atom is -0.486 e. The van der Waals surface area contributed by atoms with Gasteiger partial charge in [0, 0.05) is 6.04 Å². The molecular weight excluding hydrogens is 246 g/mol. The smallest absolute Gasteiger partial charge is 0.307 e. The molecule has 0 aromatic heterocycles. The van der Waals surface area contributed by atoms with Crippen LogP contribution in [0.2, 0.25) is 0 Å². The lowest BCUT2D eigenvalue weighted by Crippen LogP contribution is -2.31. The van der Waals surface area contributed by atoms with E-state index in [4.69, 9.17) is 9.84 Å². The molecular formula is C14H19NO4. The second kappa shape index (κ2) is 7.53. The fourth-order valence-corrected chi connectivity index (χ4v) is 1.41. The number of hydrogen-bond donors (Lipinski definition) is 2. The Hall–Kier alpha value is -1.88. The zero-order valence-electron chi connectivity index (χ0n) is 11.2. The van der Waals surface area contributed by atoms with Crippen molar-refractivity contribution in [2.45, 2.75) is 26.3 Å². The van der Waals surface area contributed by atoms with Gasteiger partial charge >= 0.3 is 5.97 Å². The number of carbonyl (C=O) groups excluding carboxylic acids is 1. The summed E-state index contributed by atoms with van der Waals surface area (Å²) in [5.41, 5.74) is 0.702. The summed E-state index contributed by atoms with van der Waals surface area (Å²) in [6.45, 7) is 4.23. The van der Waals surface area contributed by atoms with E-state index in [-0.39, 0.29) is 31.4 Å². The second-order valence-corrected chi connectivity index (χ2v) is 4.58. The summed E-state index contributed by atoms with van der Waals surface area (Å²) in [5.74, 6) is -0.334. The van der Waals surface area contributed by atoms with Crippen LogP contribution in [0.25, 0.3) is 0 Å². The minimum atomic E-state index is -0.872. The number of aliphatic carboxylic acids is 1. The van der Waals surface area contributed by atoms with Crippen molar-refractivity contribution in [3.8, 4) is 5.75 Å². The predicted molar refractivity (Wildman–Crippen MR) is 71.4 cm³/mol. The molecule has 0 aliphatic heterocycles. The van der Waals surface area contributed by atoms with Gasteiger partial charge in [0.1, 0.15) is 12.4 Å². The van der Waals surface area contributed by atoms with Gasteiger partial charge in [-0.1, -0.05) is 26.0 Å². The van der Waals surface area contributed by atoms with Gasteiger partial charge < -0.3 is 15.2 Å². The molecule has 0 bridgehead atoms. The lowest BCUT2D eigenvalue weighted by molar-refractivity contribution is -0.136. The number of carboxylic acid groups (broad SMARTS) is 1. The molecule has 0 unspecified atom stereocenters. The fraction of sp³-hybridized carbons (Fsp3) is 0.429. The number of ketones is 1. The van der Waals surface area contributed by atoms with Crippen LogP contribution in [0, 0.1) is 0 Å². The monoisotopic (exact) mass is 265 g/mol. The number of Topliss-reactive ketones (excluding diaryl/α,β-unsaturated/α-hetero) is 1. The number of hydrogen-bond acceptors (Lipinski definition) is 4. The maximum Gasteiger partial charge on any atom is 0.307 e. The van der Waals surface area contributed by atoms with Gasteiger partial charge in [0.25, 0.3) is 0 Å². The maximum absolute atomic E-state index is 11.5. The summed E-state index contributed by atoms with van der Waals surface area (Å²) in [6, 6.07) is 6.96. The Morgan fingerprint density at radius 2 is 1.89 bits per heavy atom. The third kappa shape index (κ3) is 6.57. The SMILES string of the molecule is CC(C)NCC(=O)COc1ccc(CC(=O)O)cc1. The third-order valence-corrected chi connectivity index (χ3v) is 2.39. The largest absolute Gasteiger partial charge is 0.486 e. The lowest BCUT2D eigenvalue weighted by Gasteiger charge is -2.08. The van der Waals surface area contributed by atoms with Gasteiger partial charge in [0.2, 0.25) is 0 Å². The molecule has 0 saturated carbocycles. The van der Waals surface area contributed by atoms with E-state index in [1.54, 1.807) is 24.3 Å². The average Bonchev–Trinajstić information content (AvgIpc) is 2.35. The molecule has 1 aromatic rings. The molecule has 0 spiro atoms. The number of carboxylic acids is 1. The van der Waals surface area contributed by atoms with Crippen LogP contribution in [0.5, 0.6) is 5.75 Å². The lowest BCUT2D eigenvalue weighted by atomic mass is 10.1. The van der Waals surface area contributed by atoms with Gasteiger partial charge in [0.05, 0.1) is 13.0 Å². The van der Waals surface area contributed by atoms with Crippen LogP contribution in [-0.2, 0) is 16.0 Å². The number of rotatable bonds is 8. The van der Waals surface area contributed by atoms with E-state index in [2.05, 4.69) is 5.32 Å². The molecule has 104 valence electrons. The molecule has 0 atom stereocenters. The molecule has 0 saturated heterocycles. The molecule has 0 fully saturated rings. The summed E-state index contributed by atoms with van der Waals surface area (Å²) in [5, 5.41) is 11.7. The summed E-state index contributed by atoms with van der Waals surface area (Å²) < 4.78 is 5.32. The van der Waals surface area contributed by atoms with Crippen molar-refractivity contribution < 1.29 is 19.4 Å². The van der Waals surface area contributed by atoms with Crippen molar-refractivity contribution in [1.82, 2.24) is 5.32 Å². The highest BCUT2D eigenvalue weighted by atomic mass is 16.5. The maximum atomic E-state index is 11.5. The van der Waals surface area contributed by atoms with E-state index in [0.717, 1.165) is 0 Å². The van der Waals surface area contributed by atoms with Crippen LogP contribution < -0.4 is 10.1 Å². The first-order valence-corrected chi connectivity index (χ1v) is 6.16. The molecule has 0 amide bonds. The van der Waals surface area contributed by atoms with Crippen LogP contribution in [0.1, 0.15) is 19.4 Å². The Bertz CT molecular complexity index is 426. The van der Waals surface area contributed by atoms with Gasteiger partial charge in [-0.25, -0.2) is 0 Å². The highest BCUT2D eigenvalue weighted by Gasteiger charge is 2.05. The van der Waals surface area contributed by atoms with Crippen molar-refractivity contribution in [2.24, 2.45) is 0 Å². The fourth-order valence-electron chi connectivity index (χ4n) is 1.41. The second-order valence-electron chi connectivity index (χ2n) is 4.58. The molecule has 0 heterocycles. The summed E-state index contributed by atoms with van der Waals surface area (Å²) in [4.78, 5) is 22.0. The van der Waals surface area contributed by atoms with Crippen molar-refractivity contribution >= 4 is 11.8 Å². The molecule has 5 nitrogen and oxygen atoms in total. The Labute approximate surface area is 112 Å². The van der Waals surface area contributed by atoms with Crippen molar-refractivity contribution in [1.29, 1.82) is 0 Å². The molecule has 5 heteroatoms. The normalized spacial score (nSPS) is 10.5. The minimum absolute atomic E-state index is 0.0119. The van der Waals surface area contributed by atoms with Crippen LogP contribution >= 0.6 is 0 Å². The highest BCUT2D eigenvalue weighted by molar-refractivity contribution is 5.82. The zero-order valence-corrected chi connectivity index (χ0v) is 11.2. The quantitative estimate of drug-likeness (QED) is 0.740. The van der Waals surface area contributed by atoms with Gasteiger partial charge in [0.15, 0.2) is 5.78 Å². The summed E-state index contributed by atoms with van der Waals surface area (Å²) >= 11 is 0. The van der Waals surface area contributed by atoms with E-state index in [0.29, 0.717) is 11.3 Å². The predicted octanol–water partition coefficient (Wildman–Crippen LogP) is 1.26. The van der Waals surface area contributed by atoms with E-state index in [1.807, 2.05) is 13.8 Å². The standard InChI is InChI=1S/C14H19NO4/c1-10(2)15-8-12(16)9-19-13-5-3-11(4-6-13)7-14(17)18/h3-6,10,15H,7-9H2,1-2H3,(H,17,18). The van der Waals surface area contributed by atoms with E-state index in [9.17, 15) is 9.59 Å². The Kier molecular flexibility index (Phi) is 6.02. The van der Waals surface area contributed by atoms with Crippen molar-refractivity contribution in [3.05, 3.63) is 29.8 Å².